The fourth-order valence-corrected chi connectivity index (χ4v) is 3.00. The summed E-state index contributed by atoms with van der Waals surface area (Å²) < 4.78 is 51.8. The van der Waals surface area contributed by atoms with Crippen LogP contribution in [0.3, 0.4) is 0 Å². The maximum absolute atomic E-state index is 14.2. The average Bonchev–Trinajstić information content (AvgIpc) is 3.08. The summed E-state index contributed by atoms with van der Waals surface area (Å²) in [4.78, 5) is 14.0. The van der Waals surface area contributed by atoms with Crippen LogP contribution in [-0.4, -0.2) is 19.0 Å². The number of carbonyl (C=O) groups is 1. The van der Waals surface area contributed by atoms with Gasteiger partial charge in [-0.1, -0.05) is 12.1 Å². The van der Waals surface area contributed by atoms with Gasteiger partial charge in [-0.25, -0.2) is 4.39 Å². The predicted octanol–water partition coefficient (Wildman–Crippen LogP) is 4.63. The van der Waals surface area contributed by atoms with Gasteiger partial charge >= 0.3 is 6.18 Å². The first-order chi connectivity index (χ1) is 12.3. The summed E-state index contributed by atoms with van der Waals surface area (Å²) in [5, 5.41) is 2.57. The molecular formula is C19H18F4N2O. The molecule has 2 aromatic rings. The normalized spacial score (nSPS) is 14.5. The third kappa shape index (κ3) is 4.33. The molecule has 138 valence electrons. The second-order valence-corrected chi connectivity index (χ2v) is 6.28. The van der Waals surface area contributed by atoms with Crippen LogP contribution in [0.2, 0.25) is 0 Å². The van der Waals surface area contributed by atoms with Crippen molar-refractivity contribution >= 4 is 17.3 Å². The van der Waals surface area contributed by atoms with Gasteiger partial charge in [0.2, 0.25) is 5.91 Å². The Bertz CT molecular complexity index is 781. The van der Waals surface area contributed by atoms with E-state index in [1.165, 1.54) is 18.2 Å². The van der Waals surface area contributed by atoms with Gasteiger partial charge in [-0.15, -0.1) is 0 Å². The molecule has 1 saturated heterocycles. The maximum atomic E-state index is 14.2. The molecule has 0 radical (unpaired) electrons. The van der Waals surface area contributed by atoms with Crippen LogP contribution in [0, 0.1) is 5.82 Å². The third-order valence-electron chi connectivity index (χ3n) is 4.32. The zero-order valence-corrected chi connectivity index (χ0v) is 13.9. The SMILES string of the molecule is O=C(Cc1ccc(C(F)(F)F)cc1)Nc1ccc(N2CCCC2)c(F)c1. The Kier molecular flexibility index (Phi) is 5.15. The molecule has 3 rings (SSSR count). The van der Waals surface area contributed by atoms with E-state index in [1.807, 2.05) is 4.90 Å². The maximum Gasteiger partial charge on any atom is 0.416 e. The molecular weight excluding hydrogens is 348 g/mol. The first kappa shape index (κ1) is 18.2. The van der Waals surface area contributed by atoms with Crippen molar-refractivity contribution in [3.63, 3.8) is 0 Å². The average molecular weight is 366 g/mol. The molecule has 1 N–H and O–H groups in total. The van der Waals surface area contributed by atoms with Crippen molar-refractivity contribution in [2.75, 3.05) is 23.3 Å². The highest BCUT2D eigenvalue weighted by atomic mass is 19.4. The Morgan fingerprint density at radius 1 is 1.04 bits per heavy atom. The summed E-state index contributed by atoms with van der Waals surface area (Å²) in [7, 11) is 0. The molecule has 1 heterocycles. The van der Waals surface area contributed by atoms with Crippen LogP contribution in [0.15, 0.2) is 42.5 Å². The lowest BCUT2D eigenvalue weighted by atomic mass is 10.1. The minimum atomic E-state index is -4.41. The van der Waals surface area contributed by atoms with Crippen LogP contribution in [0.25, 0.3) is 0 Å². The molecule has 0 aromatic heterocycles. The van der Waals surface area contributed by atoms with E-state index in [2.05, 4.69) is 5.32 Å². The number of nitrogens with one attached hydrogen (secondary N) is 1. The molecule has 2 aromatic carbocycles. The number of anilines is 2. The van der Waals surface area contributed by atoms with Gasteiger partial charge in [0, 0.05) is 18.8 Å². The van der Waals surface area contributed by atoms with E-state index in [0.29, 0.717) is 16.9 Å². The lowest BCUT2D eigenvalue weighted by Crippen LogP contribution is -2.19. The van der Waals surface area contributed by atoms with Gasteiger partial charge in [-0.05, 0) is 48.7 Å². The molecule has 26 heavy (non-hydrogen) atoms. The standard InChI is InChI=1S/C19H18F4N2O/c20-16-12-15(7-8-17(16)25-9-1-2-10-25)24-18(26)11-13-3-5-14(6-4-13)19(21,22)23/h3-8,12H,1-2,9-11H2,(H,24,26). The monoisotopic (exact) mass is 366 g/mol. The van der Waals surface area contributed by atoms with Crippen molar-refractivity contribution in [1.82, 2.24) is 0 Å². The molecule has 1 aliphatic heterocycles. The van der Waals surface area contributed by atoms with Crippen molar-refractivity contribution in [2.24, 2.45) is 0 Å². The molecule has 0 spiro atoms. The molecule has 0 aliphatic carbocycles. The summed E-state index contributed by atoms with van der Waals surface area (Å²) in [6.45, 7) is 1.63. The number of hydrogen-bond acceptors (Lipinski definition) is 2. The van der Waals surface area contributed by atoms with Crippen molar-refractivity contribution < 1.29 is 22.4 Å². The van der Waals surface area contributed by atoms with Crippen LogP contribution in [-0.2, 0) is 17.4 Å². The molecule has 1 amide bonds. The van der Waals surface area contributed by atoms with Crippen molar-refractivity contribution in [2.45, 2.75) is 25.4 Å². The lowest BCUT2D eigenvalue weighted by molar-refractivity contribution is -0.137. The van der Waals surface area contributed by atoms with E-state index >= 15 is 0 Å². The Morgan fingerprint density at radius 2 is 1.69 bits per heavy atom. The predicted molar refractivity (Wildman–Crippen MR) is 91.6 cm³/mol. The fourth-order valence-electron chi connectivity index (χ4n) is 3.00. The number of benzene rings is 2. The number of alkyl halides is 3. The van der Waals surface area contributed by atoms with Crippen LogP contribution >= 0.6 is 0 Å². The lowest BCUT2D eigenvalue weighted by Gasteiger charge is -2.18. The minimum absolute atomic E-state index is 0.0897. The van der Waals surface area contributed by atoms with E-state index in [1.54, 1.807) is 12.1 Å². The van der Waals surface area contributed by atoms with Crippen LogP contribution < -0.4 is 10.2 Å². The van der Waals surface area contributed by atoms with Gasteiger partial charge in [0.1, 0.15) is 5.82 Å². The topological polar surface area (TPSA) is 32.3 Å². The van der Waals surface area contributed by atoms with Crippen molar-refractivity contribution in [3.05, 3.63) is 59.4 Å². The number of carbonyl (C=O) groups excluding carboxylic acids is 1. The first-order valence-electron chi connectivity index (χ1n) is 8.33. The number of halogens is 4. The molecule has 0 bridgehead atoms. The second kappa shape index (κ2) is 7.35. The quantitative estimate of drug-likeness (QED) is 0.801. The molecule has 1 fully saturated rings. The van der Waals surface area contributed by atoms with Gasteiger partial charge in [-0.2, -0.15) is 13.2 Å². The molecule has 0 saturated carbocycles. The highest BCUT2D eigenvalue weighted by Crippen LogP contribution is 2.29. The summed E-state index contributed by atoms with van der Waals surface area (Å²) in [5.41, 5.74) is 0.525. The Labute approximate surface area is 148 Å². The summed E-state index contributed by atoms with van der Waals surface area (Å²) in [6, 6.07) is 8.92. The second-order valence-electron chi connectivity index (χ2n) is 6.28. The smallest absolute Gasteiger partial charge is 0.369 e. The molecule has 7 heteroatoms. The highest BCUT2D eigenvalue weighted by Gasteiger charge is 2.30. The van der Waals surface area contributed by atoms with Gasteiger partial charge in [-0.3, -0.25) is 4.79 Å². The van der Waals surface area contributed by atoms with Gasteiger partial charge in [0.25, 0.3) is 0 Å². The number of hydrogen-bond donors (Lipinski definition) is 1. The third-order valence-corrected chi connectivity index (χ3v) is 4.32. The summed E-state index contributed by atoms with van der Waals surface area (Å²) in [5.74, 6) is -0.822. The van der Waals surface area contributed by atoms with E-state index in [9.17, 15) is 22.4 Å². The van der Waals surface area contributed by atoms with Gasteiger partial charge in [0.15, 0.2) is 0 Å². The number of nitrogens with zero attached hydrogens (tertiary/aromatic N) is 1. The highest BCUT2D eigenvalue weighted by molar-refractivity contribution is 5.92. The minimum Gasteiger partial charge on any atom is -0.369 e. The van der Waals surface area contributed by atoms with E-state index < -0.39 is 23.5 Å². The molecule has 0 atom stereocenters. The van der Waals surface area contributed by atoms with Gasteiger partial charge in [0.05, 0.1) is 17.7 Å². The van der Waals surface area contributed by atoms with E-state index in [4.69, 9.17) is 0 Å². The van der Waals surface area contributed by atoms with Crippen molar-refractivity contribution in [3.8, 4) is 0 Å². The van der Waals surface area contributed by atoms with Crippen molar-refractivity contribution in [1.29, 1.82) is 0 Å². The summed E-state index contributed by atoms with van der Waals surface area (Å²) >= 11 is 0. The largest absolute Gasteiger partial charge is 0.416 e. The zero-order valence-electron chi connectivity index (χ0n) is 13.9. The number of amides is 1. The fraction of sp³-hybridized carbons (Fsp3) is 0.316. The Balaban J connectivity index is 1.62. The van der Waals surface area contributed by atoms with Crippen LogP contribution in [0.1, 0.15) is 24.0 Å². The van der Waals surface area contributed by atoms with Crippen LogP contribution in [0.4, 0.5) is 28.9 Å². The molecule has 1 aliphatic rings. The first-order valence-corrected chi connectivity index (χ1v) is 8.33. The Hall–Kier alpha value is -2.57. The van der Waals surface area contributed by atoms with E-state index in [0.717, 1.165) is 38.1 Å². The summed E-state index contributed by atoms with van der Waals surface area (Å²) in [6.07, 6.45) is -2.43. The molecule has 3 nitrogen and oxygen atoms in total. The van der Waals surface area contributed by atoms with E-state index in [-0.39, 0.29) is 6.42 Å². The van der Waals surface area contributed by atoms with Crippen LogP contribution in [0.5, 0.6) is 0 Å². The zero-order chi connectivity index (χ0) is 18.7. The molecule has 0 unspecified atom stereocenters. The van der Waals surface area contributed by atoms with Gasteiger partial charge < -0.3 is 10.2 Å². The Morgan fingerprint density at radius 3 is 2.27 bits per heavy atom. The number of rotatable bonds is 4.